The van der Waals surface area contributed by atoms with Crippen LogP contribution in [0.1, 0.15) is 47.9 Å². The van der Waals surface area contributed by atoms with Gasteiger partial charge in [0.05, 0.1) is 4.90 Å². The van der Waals surface area contributed by atoms with E-state index in [1.54, 1.807) is 0 Å². The third kappa shape index (κ3) is 5.04. The number of aryl methyl sites for hydroxylation is 3. The van der Waals surface area contributed by atoms with Crippen LogP contribution in [0.4, 0.5) is 0 Å². The largest absolute Gasteiger partial charge is 0.300 e. The van der Waals surface area contributed by atoms with Gasteiger partial charge in [-0.25, -0.2) is 8.51 Å². The van der Waals surface area contributed by atoms with Crippen LogP contribution in [0.2, 0.25) is 0 Å². The number of hydrogen-bond donors (Lipinski definition) is 0. The minimum absolute atomic E-state index is 0.663. The van der Waals surface area contributed by atoms with Crippen molar-refractivity contribution >= 4 is 11.0 Å². The van der Waals surface area contributed by atoms with E-state index in [0.29, 0.717) is 6.04 Å². The molecule has 0 amide bonds. The lowest BCUT2D eigenvalue weighted by Gasteiger charge is -2.41. The van der Waals surface area contributed by atoms with Gasteiger partial charge >= 0.3 is 0 Å². The van der Waals surface area contributed by atoms with Crippen LogP contribution in [0.3, 0.4) is 0 Å². The van der Waals surface area contributed by atoms with Crippen LogP contribution < -0.4 is 0 Å². The summed E-state index contributed by atoms with van der Waals surface area (Å²) < 4.78 is 15.5. The van der Waals surface area contributed by atoms with E-state index in [2.05, 4.69) is 72.4 Å². The van der Waals surface area contributed by atoms with Gasteiger partial charge in [0.15, 0.2) is 0 Å². The molecule has 30 heavy (non-hydrogen) atoms. The molecule has 2 aromatic rings. The highest BCUT2D eigenvalue weighted by atomic mass is 32.2. The van der Waals surface area contributed by atoms with Crippen molar-refractivity contribution < 1.29 is 4.21 Å². The lowest BCUT2D eigenvalue weighted by Crippen LogP contribution is -2.48. The van der Waals surface area contributed by atoms with Crippen LogP contribution in [-0.2, 0) is 17.4 Å². The summed E-state index contributed by atoms with van der Waals surface area (Å²) >= 11 is 0. The molecular formula is C26H36N2OS. The lowest BCUT2D eigenvalue weighted by atomic mass is 9.89. The first kappa shape index (κ1) is 21.7. The van der Waals surface area contributed by atoms with Crippen LogP contribution in [0, 0.1) is 26.7 Å². The van der Waals surface area contributed by atoms with Crippen LogP contribution in [-0.4, -0.2) is 45.6 Å². The highest BCUT2D eigenvalue weighted by Crippen LogP contribution is 2.29. The van der Waals surface area contributed by atoms with Gasteiger partial charge < -0.3 is 4.90 Å². The molecule has 2 aliphatic heterocycles. The smallest absolute Gasteiger partial charge is 0.128 e. The zero-order valence-corrected chi connectivity index (χ0v) is 19.6. The Bertz CT molecular complexity index is 843. The molecule has 2 fully saturated rings. The van der Waals surface area contributed by atoms with E-state index in [1.807, 2.05) is 0 Å². The molecule has 1 unspecified atom stereocenters. The third-order valence-electron chi connectivity index (χ3n) is 6.97. The summed E-state index contributed by atoms with van der Waals surface area (Å²) in [6.07, 6.45) is 6.12. The molecule has 2 heterocycles. The van der Waals surface area contributed by atoms with Gasteiger partial charge in [-0.05, 0) is 88.6 Å². The first-order chi connectivity index (χ1) is 14.5. The molecule has 1 atom stereocenters. The van der Waals surface area contributed by atoms with Crippen LogP contribution in [0.5, 0.6) is 0 Å². The van der Waals surface area contributed by atoms with E-state index in [0.717, 1.165) is 47.9 Å². The van der Waals surface area contributed by atoms with Gasteiger partial charge in [0.1, 0.15) is 11.0 Å². The molecule has 2 aliphatic rings. The van der Waals surface area contributed by atoms with Crippen molar-refractivity contribution in [1.82, 2.24) is 9.21 Å². The Morgan fingerprint density at radius 2 is 1.47 bits per heavy atom. The van der Waals surface area contributed by atoms with Gasteiger partial charge in [0.25, 0.3) is 0 Å². The number of piperidine rings is 2. The highest BCUT2D eigenvalue weighted by Gasteiger charge is 2.30. The minimum atomic E-state index is -1.03. The molecule has 2 aromatic carbocycles. The summed E-state index contributed by atoms with van der Waals surface area (Å²) in [4.78, 5) is 3.74. The maximum Gasteiger partial charge on any atom is 0.128 e. The summed E-state index contributed by atoms with van der Waals surface area (Å²) in [7, 11) is -1.03. The Kier molecular flexibility index (Phi) is 7.07. The van der Waals surface area contributed by atoms with Crippen molar-refractivity contribution in [3.8, 4) is 0 Å². The predicted molar refractivity (Wildman–Crippen MR) is 126 cm³/mol. The quantitative estimate of drug-likeness (QED) is 0.670. The van der Waals surface area contributed by atoms with Crippen LogP contribution >= 0.6 is 0 Å². The van der Waals surface area contributed by atoms with Gasteiger partial charge in [-0.3, -0.25) is 0 Å². The molecule has 0 radical (unpaired) electrons. The van der Waals surface area contributed by atoms with Crippen molar-refractivity contribution in [1.29, 1.82) is 0 Å². The Balaban J connectivity index is 1.28. The second-order valence-corrected chi connectivity index (χ2v) is 10.7. The average molecular weight is 425 g/mol. The van der Waals surface area contributed by atoms with E-state index in [1.165, 1.54) is 43.5 Å². The van der Waals surface area contributed by atoms with Crippen LogP contribution in [0.25, 0.3) is 0 Å². The number of hydrogen-bond acceptors (Lipinski definition) is 2. The molecule has 4 heteroatoms. The molecule has 0 saturated carbocycles. The highest BCUT2D eigenvalue weighted by molar-refractivity contribution is 7.82. The van der Waals surface area contributed by atoms with Crippen molar-refractivity contribution in [3.63, 3.8) is 0 Å². The average Bonchev–Trinajstić information content (AvgIpc) is 2.74. The number of nitrogens with zero attached hydrogens (tertiary/aromatic N) is 2. The second kappa shape index (κ2) is 9.76. The topological polar surface area (TPSA) is 23.6 Å². The Hall–Kier alpha value is -1.49. The van der Waals surface area contributed by atoms with Crippen molar-refractivity contribution in [2.24, 2.45) is 5.92 Å². The normalized spacial score (nSPS) is 21.0. The maximum absolute atomic E-state index is 13.3. The zero-order chi connectivity index (χ0) is 21.1. The third-order valence-corrected chi connectivity index (χ3v) is 8.80. The first-order valence-corrected chi connectivity index (χ1v) is 12.6. The fraction of sp³-hybridized carbons (Fsp3) is 0.538. The van der Waals surface area contributed by atoms with E-state index >= 15 is 0 Å². The Morgan fingerprint density at radius 1 is 0.867 bits per heavy atom. The molecular weight excluding hydrogens is 388 g/mol. The molecule has 3 nitrogen and oxygen atoms in total. The zero-order valence-electron chi connectivity index (χ0n) is 18.8. The first-order valence-electron chi connectivity index (χ1n) is 11.5. The summed E-state index contributed by atoms with van der Waals surface area (Å²) in [5, 5.41) is 0. The molecule has 0 N–H and O–H groups in total. The molecule has 0 bridgehead atoms. The second-order valence-electron chi connectivity index (χ2n) is 9.31. The van der Waals surface area contributed by atoms with E-state index in [4.69, 9.17) is 0 Å². The van der Waals surface area contributed by atoms with Gasteiger partial charge in [0.2, 0.25) is 0 Å². The van der Waals surface area contributed by atoms with Crippen molar-refractivity contribution in [2.45, 2.75) is 63.8 Å². The minimum Gasteiger partial charge on any atom is -0.300 e. The summed E-state index contributed by atoms with van der Waals surface area (Å²) in [6, 6.07) is 15.9. The van der Waals surface area contributed by atoms with E-state index < -0.39 is 11.0 Å². The molecule has 0 spiro atoms. The van der Waals surface area contributed by atoms with Gasteiger partial charge in [-0.15, -0.1) is 0 Å². The van der Waals surface area contributed by atoms with E-state index in [9.17, 15) is 4.21 Å². The maximum atomic E-state index is 13.3. The van der Waals surface area contributed by atoms with Gasteiger partial charge in [0, 0.05) is 19.1 Å². The van der Waals surface area contributed by atoms with Crippen molar-refractivity contribution in [3.05, 3.63) is 64.7 Å². The molecule has 0 aromatic heterocycles. The fourth-order valence-electron chi connectivity index (χ4n) is 5.41. The molecule has 2 saturated heterocycles. The molecule has 162 valence electrons. The number of likely N-dealkylation sites (tertiary alicyclic amines) is 1. The predicted octanol–water partition coefficient (Wildman–Crippen LogP) is 5.05. The summed E-state index contributed by atoms with van der Waals surface area (Å²) in [6.45, 7) is 10.6. The van der Waals surface area contributed by atoms with Crippen LogP contribution in [0.15, 0.2) is 47.4 Å². The molecule has 4 rings (SSSR count). The number of rotatable bonds is 5. The monoisotopic (exact) mass is 424 g/mol. The lowest BCUT2D eigenvalue weighted by molar-refractivity contribution is 0.0980. The van der Waals surface area contributed by atoms with E-state index in [-0.39, 0.29) is 0 Å². The molecule has 0 aliphatic carbocycles. The summed E-state index contributed by atoms with van der Waals surface area (Å²) in [5.41, 5.74) is 5.05. The SMILES string of the molecule is Cc1cc(C)c(S(=O)N2CCC(N3CCC(Cc4ccccc4)CC3)CC2)c(C)c1. The summed E-state index contributed by atoms with van der Waals surface area (Å²) in [5.74, 6) is 0.823. The van der Waals surface area contributed by atoms with Crippen molar-refractivity contribution in [2.75, 3.05) is 26.2 Å². The number of benzene rings is 2. The van der Waals surface area contributed by atoms with Gasteiger partial charge in [-0.2, -0.15) is 0 Å². The van der Waals surface area contributed by atoms with Gasteiger partial charge in [-0.1, -0.05) is 48.0 Å². The Morgan fingerprint density at radius 3 is 2.07 bits per heavy atom. The Labute approximate surface area is 185 Å². The standard InChI is InChI=1S/C26H36N2OS/c1-20-17-21(2)26(22(3)18-20)30(29)28-15-11-25(12-16-28)27-13-9-24(10-14-27)19-23-7-5-4-6-8-23/h4-8,17-18,24-25H,9-16,19H2,1-3H3. The fourth-order valence-corrected chi connectivity index (χ4v) is 6.88.